The number of imidazole rings is 1. The SMILES string of the molecule is COc1cc(N2CCC(NCc3ccc(Cl)cc3)C2=O)ccc1-n1cnc(C)c1. The summed E-state index contributed by atoms with van der Waals surface area (Å²) >= 11 is 5.93. The maximum Gasteiger partial charge on any atom is 0.244 e. The first-order valence-electron chi connectivity index (χ1n) is 9.53. The molecule has 0 saturated carbocycles. The van der Waals surface area contributed by atoms with Gasteiger partial charge < -0.3 is 19.5 Å². The largest absolute Gasteiger partial charge is 0.494 e. The van der Waals surface area contributed by atoms with E-state index in [0.29, 0.717) is 23.9 Å². The van der Waals surface area contributed by atoms with Gasteiger partial charge in [0.2, 0.25) is 5.91 Å². The molecule has 0 aliphatic carbocycles. The molecule has 1 atom stereocenters. The average molecular weight is 411 g/mol. The van der Waals surface area contributed by atoms with Crippen molar-refractivity contribution in [2.75, 3.05) is 18.6 Å². The summed E-state index contributed by atoms with van der Waals surface area (Å²) in [6.07, 6.45) is 4.46. The number of carbonyl (C=O) groups is 1. The van der Waals surface area contributed by atoms with Crippen LogP contribution in [0.2, 0.25) is 5.02 Å². The van der Waals surface area contributed by atoms with E-state index in [4.69, 9.17) is 16.3 Å². The van der Waals surface area contributed by atoms with Gasteiger partial charge in [0, 0.05) is 36.1 Å². The molecule has 1 amide bonds. The molecule has 1 unspecified atom stereocenters. The number of hydrogen-bond donors (Lipinski definition) is 1. The fourth-order valence-corrected chi connectivity index (χ4v) is 3.70. The zero-order valence-corrected chi connectivity index (χ0v) is 17.2. The molecule has 1 aromatic heterocycles. The number of hydrogen-bond acceptors (Lipinski definition) is 4. The third-order valence-electron chi connectivity index (χ3n) is 5.14. The Labute approximate surface area is 175 Å². The third-order valence-corrected chi connectivity index (χ3v) is 5.39. The van der Waals surface area contributed by atoms with E-state index < -0.39 is 0 Å². The highest BCUT2D eigenvalue weighted by Gasteiger charge is 2.32. The second-order valence-corrected chi connectivity index (χ2v) is 7.55. The standard InChI is InChI=1S/C22H23ClN4O2/c1-15-13-26(14-25-15)20-8-7-18(11-21(20)29-2)27-10-9-19(22(27)28)24-12-16-3-5-17(23)6-4-16/h3-8,11,13-14,19,24H,9-10,12H2,1-2H3. The van der Waals surface area contributed by atoms with Crippen molar-refractivity contribution < 1.29 is 9.53 Å². The van der Waals surface area contributed by atoms with Gasteiger partial charge in [-0.25, -0.2) is 4.98 Å². The number of benzene rings is 2. The number of ether oxygens (including phenoxy) is 1. The Morgan fingerprint density at radius 1 is 1.24 bits per heavy atom. The van der Waals surface area contributed by atoms with E-state index in [1.54, 1.807) is 13.4 Å². The van der Waals surface area contributed by atoms with Gasteiger partial charge in [0.05, 0.1) is 30.9 Å². The van der Waals surface area contributed by atoms with Crippen molar-refractivity contribution in [2.45, 2.75) is 25.9 Å². The Bertz CT molecular complexity index is 1020. The minimum absolute atomic E-state index is 0.0761. The van der Waals surface area contributed by atoms with Crippen LogP contribution in [-0.4, -0.2) is 35.2 Å². The van der Waals surface area contributed by atoms with Gasteiger partial charge in [-0.15, -0.1) is 0 Å². The molecule has 0 radical (unpaired) electrons. The van der Waals surface area contributed by atoms with Gasteiger partial charge in [0.25, 0.3) is 0 Å². The Balaban J connectivity index is 1.47. The molecule has 2 aromatic carbocycles. The maximum atomic E-state index is 12.9. The van der Waals surface area contributed by atoms with Crippen molar-refractivity contribution in [3.05, 3.63) is 71.3 Å². The van der Waals surface area contributed by atoms with E-state index in [0.717, 1.165) is 29.1 Å². The van der Waals surface area contributed by atoms with Crippen LogP contribution >= 0.6 is 11.6 Å². The summed E-state index contributed by atoms with van der Waals surface area (Å²) in [5.41, 5.74) is 3.76. The number of nitrogens with one attached hydrogen (secondary N) is 1. The molecule has 29 heavy (non-hydrogen) atoms. The van der Waals surface area contributed by atoms with Gasteiger partial charge in [-0.2, -0.15) is 0 Å². The van der Waals surface area contributed by atoms with E-state index in [1.807, 2.05) is 65.1 Å². The number of rotatable bonds is 6. The van der Waals surface area contributed by atoms with E-state index in [9.17, 15) is 4.79 Å². The zero-order chi connectivity index (χ0) is 20.4. The Morgan fingerprint density at radius 3 is 2.72 bits per heavy atom. The van der Waals surface area contributed by atoms with Crippen LogP contribution in [0.15, 0.2) is 55.0 Å². The van der Waals surface area contributed by atoms with Gasteiger partial charge >= 0.3 is 0 Å². The first-order chi connectivity index (χ1) is 14.0. The first-order valence-corrected chi connectivity index (χ1v) is 9.91. The summed E-state index contributed by atoms with van der Waals surface area (Å²) in [7, 11) is 1.63. The Hall–Kier alpha value is -2.83. The van der Waals surface area contributed by atoms with Crippen molar-refractivity contribution in [3.63, 3.8) is 0 Å². The first kappa shape index (κ1) is 19.5. The number of aromatic nitrogens is 2. The Morgan fingerprint density at radius 2 is 2.03 bits per heavy atom. The van der Waals surface area contributed by atoms with E-state index in [-0.39, 0.29) is 11.9 Å². The molecule has 1 aliphatic heterocycles. The smallest absolute Gasteiger partial charge is 0.244 e. The molecule has 1 saturated heterocycles. The van der Waals surface area contributed by atoms with Crippen LogP contribution in [0.25, 0.3) is 5.69 Å². The van der Waals surface area contributed by atoms with E-state index >= 15 is 0 Å². The second-order valence-electron chi connectivity index (χ2n) is 7.12. The lowest BCUT2D eigenvalue weighted by atomic mass is 10.2. The number of halogens is 1. The highest BCUT2D eigenvalue weighted by Crippen LogP contribution is 2.31. The number of carbonyl (C=O) groups excluding carboxylic acids is 1. The topological polar surface area (TPSA) is 59.4 Å². The van der Waals surface area contributed by atoms with Crippen molar-refractivity contribution in [2.24, 2.45) is 0 Å². The predicted molar refractivity (Wildman–Crippen MR) is 114 cm³/mol. The highest BCUT2D eigenvalue weighted by molar-refractivity contribution is 6.30. The molecule has 1 aliphatic rings. The van der Waals surface area contributed by atoms with Crippen LogP contribution < -0.4 is 15.0 Å². The van der Waals surface area contributed by atoms with Crippen LogP contribution in [0, 0.1) is 6.92 Å². The molecule has 0 bridgehead atoms. The van der Waals surface area contributed by atoms with Crippen LogP contribution in [-0.2, 0) is 11.3 Å². The summed E-state index contributed by atoms with van der Waals surface area (Å²) in [5.74, 6) is 0.775. The quantitative estimate of drug-likeness (QED) is 0.672. The summed E-state index contributed by atoms with van der Waals surface area (Å²) in [5, 5.41) is 4.07. The van der Waals surface area contributed by atoms with E-state index in [2.05, 4.69) is 10.3 Å². The summed E-state index contributed by atoms with van der Waals surface area (Å²) in [6, 6.07) is 13.3. The van der Waals surface area contributed by atoms with Gasteiger partial charge in [0.1, 0.15) is 5.75 Å². The predicted octanol–water partition coefficient (Wildman–Crippen LogP) is 3.74. The zero-order valence-electron chi connectivity index (χ0n) is 16.4. The second kappa shape index (κ2) is 8.27. The third kappa shape index (κ3) is 4.13. The molecule has 1 N–H and O–H groups in total. The van der Waals surface area contributed by atoms with Crippen molar-refractivity contribution in [1.29, 1.82) is 0 Å². The van der Waals surface area contributed by atoms with Gasteiger partial charge in [-0.1, -0.05) is 23.7 Å². The molecule has 150 valence electrons. The molecule has 0 spiro atoms. The maximum absolute atomic E-state index is 12.9. The molecule has 6 nitrogen and oxygen atoms in total. The summed E-state index contributed by atoms with van der Waals surface area (Å²) in [6.45, 7) is 3.24. The van der Waals surface area contributed by atoms with Crippen LogP contribution in [0.1, 0.15) is 17.7 Å². The van der Waals surface area contributed by atoms with Gasteiger partial charge in [-0.3, -0.25) is 4.79 Å². The molecular weight excluding hydrogens is 388 g/mol. The minimum atomic E-state index is -0.201. The number of amides is 1. The summed E-state index contributed by atoms with van der Waals surface area (Å²) in [4.78, 5) is 19.0. The molecule has 7 heteroatoms. The normalized spacial score (nSPS) is 16.4. The number of nitrogens with zero attached hydrogens (tertiary/aromatic N) is 3. The van der Waals surface area contributed by atoms with Crippen molar-refractivity contribution >= 4 is 23.2 Å². The van der Waals surface area contributed by atoms with Crippen LogP contribution in [0.3, 0.4) is 0 Å². The molecule has 1 fully saturated rings. The average Bonchev–Trinajstić information content (AvgIpc) is 3.32. The minimum Gasteiger partial charge on any atom is -0.494 e. The van der Waals surface area contributed by atoms with Gasteiger partial charge in [0.15, 0.2) is 0 Å². The molecular formula is C22H23ClN4O2. The number of anilines is 1. The van der Waals surface area contributed by atoms with Crippen molar-refractivity contribution in [3.8, 4) is 11.4 Å². The Kier molecular flexibility index (Phi) is 5.56. The number of methoxy groups -OCH3 is 1. The molecule has 4 rings (SSSR count). The van der Waals surface area contributed by atoms with Crippen molar-refractivity contribution in [1.82, 2.24) is 14.9 Å². The lowest BCUT2D eigenvalue weighted by Crippen LogP contribution is -2.38. The lowest BCUT2D eigenvalue weighted by Gasteiger charge is -2.19. The van der Waals surface area contributed by atoms with Crippen LogP contribution in [0.4, 0.5) is 5.69 Å². The monoisotopic (exact) mass is 410 g/mol. The number of aryl methyl sites for hydroxylation is 1. The molecule has 3 aromatic rings. The highest BCUT2D eigenvalue weighted by atomic mass is 35.5. The summed E-state index contributed by atoms with van der Waals surface area (Å²) < 4.78 is 7.49. The fourth-order valence-electron chi connectivity index (χ4n) is 3.57. The molecule has 2 heterocycles. The van der Waals surface area contributed by atoms with E-state index in [1.165, 1.54) is 0 Å². The van der Waals surface area contributed by atoms with Gasteiger partial charge in [-0.05, 0) is 43.2 Å². The fraction of sp³-hybridized carbons (Fsp3) is 0.273. The van der Waals surface area contributed by atoms with Crippen LogP contribution in [0.5, 0.6) is 5.75 Å². The lowest BCUT2D eigenvalue weighted by molar-refractivity contribution is -0.118.